The molecule has 0 radical (unpaired) electrons. The number of nitrogens with zero attached hydrogens (tertiary/aromatic N) is 4. The van der Waals surface area contributed by atoms with Gasteiger partial charge in [-0.2, -0.15) is 0 Å². The topological polar surface area (TPSA) is 71.3 Å². The normalized spacial score (nSPS) is 21.4. The number of aryl methyl sites for hydroxylation is 1. The van der Waals surface area contributed by atoms with Crippen LogP contribution < -0.4 is 0 Å². The summed E-state index contributed by atoms with van der Waals surface area (Å²) in [5, 5.41) is 0.745. The van der Waals surface area contributed by atoms with Crippen molar-refractivity contribution >= 4 is 23.2 Å². The van der Waals surface area contributed by atoms with Crippen LogP contribution in [0.25, 0.3) is 5.57 Å². The Hall–Kier alpha value is -2.97. The molecule has 3 aliphatic heterocycles. The van der Waals surface area contributed by atoms with Crippen LogP contribution in [0, 0.1) is 6.92 Å². The summed E-state index contributed by atoms with van der Waals surface area (Å²) in [6, 6.07) is 6.19. The highest BCUT2D eigenvalue weighted by molar-refractivity contribution is 6.30. The molecule has 2 aromatic rings. The van der Waals surface area contributed by atoms with Gasteiger partial charge in [0.15, 0.2) is 11.7 Å². The number of amides is 2. The molecule has 0 saturated carbocycles. The van der Waals surface area contributed by atoms with Crippen molar-refractivity contribution < 1.29 is 18.7 Å². The molecule has 4 aliphatic rings. The number of ether oxygens (including phenoxy) is 2. The van der Waals surface area contributed by atoms with Crippen LogP contribution in [0.3, 0.4) is 0 Å². The number of aromatic nitrogens is 1. The smallest absolute Gasteiger partial charge is 0.320 e. The average molecular weight is 525 g/mol. The molecule has 2 amide bonds. The van der Waals surface area contributed by atoms with E-state index in [-0.39, 0.29) is 11.6 Å². The minimum Gasteiger partial charge on any atom is -0.496 e. The zero-order chi connectivity index (χ0) is 25.6. The number of benzene rings is 1. The monoisotopic (exact) mass is 524 g/mol. The third-order valence-corrected chi connectivity index (χ3v) is 8.46. The molecule has 2 saturated heterocycles. The minimum atomic E-state index is -0.279. The zero-order valence-electron chi connectivity index (χ0n) is 21.5. The summed E-state index contributed by atoms with van der Waals surface area (Å²) in [6.45, 7) is 6.94. The van der Waals surface area contributed by atoms with E-state index in [4.69, 9.17) is 25.5 Å². The molecule has 4 heterocycles. The van der Waals surface area contributed by atoms with Gasteiger partial charge in [-0.25, -0.2) is 9.78 Å². The van der Waals surface area contributed by atoms with Gasteiger partial charge in [-0.05, 0) is 55.0 Å². The molecule has 1 aromatic carbocycles. The molecule has 0 atom stereocenters. The van der Waals surface area contributed by atoms with Crippen LogP contribution in [0.1, 0.15) is 48.5 Å². The van der Waals surface area contributed by atoms with Gasteiger partial charge < -0.3 is 28.6 Å². The second kappa shape index (κ2) is 9.72. The summed E-state index contributed by atoms with van der Waals surface area (Å²) in [7, 11) is 1.70. The van der Waals surface area contributed by atoms with Crippen LogP contribution in [0.2, 0.25) is 5.02 Å². The summed E-state index contributed by atoms with van der Waals surface area (Å²) in [5.74, 6) is 2.26. The van der Waals surface area contributed by atoms with Gasteiger partial charge >= 0.3 is 6.03 Å². The molecule has 196 valence electrons. The maximum Gasteiger partial charge on any atom is 0.320 e. The van der Waals surface area contributed by atoms with Crippen LogP contribution in [-0.2, 0) is 21.7 Å². The summed E-state index contributed by atoms with van der Waals surface area (Å²) in [5.41, 5.74) is 4.44. The van der Waals surface area contributed by atoms with Gasteiger partial charge in [-0.3, -0.25) is 0 Å². The number of halogens is 1. The maximum atomic E-state index is 13.3. The highest BCUT2D eigenvalue weighted by Gasteiger charge is 2.44. The van der Waals surface area contributed by atoms with Gasteiger partial charge in [-0.15, -0.1) is 0 Å². The summed E-state index contributed by atoms with van der Waals surface area (Å²) in [6.07, 6.45) is 7.28. The average Bonchev–Trinajstić information content (AvgIpc) is 3.51. The van der Waals surface area contributed by atoms with Gasteiger partial charge in [0.05, 0.1) is 25.5 Å². The quantitative estimate of drug-likeness (QED) is 0.567. The minimum absolute atomic E-state index is 0.141. The fourth-order valence-corrected chi connectivity index (χ4v) is 6.34. The van der Waals surface area contributed by atoms with Gasteiger partial charge in [0.25, 0.3) is 0 Å². The standard InChI is InChI=1S/C28H33ClN4O4/c1-19-30-17-26(37-19)23-5-4-22(16-25(23)35-2)31-11-13-33(14-12-31)27(34)32-9-7-28(8-10-32)24-6-3-21(29)15-20(24)18-36-28/h3,6,15-17H,4-5,7-14,18H2,1-2H3. The second-order valence-electron chi connectivity index (χ2n) is 10.3. The zero-order valence-corrected chi connectivity index (χ0v) is 22.2. The molecule has 0 N–H and O–H groups in total. The molecule has 1 aliphatic carbocycles. The summed E-state index contributed by atoms with van der Waals surface area (Å²) >= 11 is 6.17. The Morgan fingerprint density at radius 3 is 2.54 bits per heavy atom. The predicted octanol–water partition coefficient (Wildman–Crippen LogP) is 4.93. The Morgan fingerprint density at radius 2 is 1.84 bits per heavy atom. The lowest BCUT2D eigenvalue weighted by Crippen LogP contribution is -2.55. The predicted molar refractivity (Wildman–Crippen MR) is 140 cm³/mol. The molecular weight excluding hydrogens is 492 g/mol. The fraction of sp³-hybridized carbons (Fsp3) is 0.500. The number of allylic oxidation sites excluding steroid dienone is 3. The number of methoxy groups -OCH3 is 1. The van der Waals surface area contributed by atoms with E-state index in [0.717, 1.165) is 74.0 Å². The van der Waals surface area contributed by atoms with Crippen molar-refractivity contribution in [1.29, 1.82) is 0 Å². The van der Waals surface area contributed by atoms with Crippen LogP contribution in [0.5, 0.6) is 0 Å². The van der Waals surface area contributed by atoms with E-state index in [9.17, 15) is 4.79 Å². The lowest BCUT2D eigenvalue weighted by atomic mass is 9.84. The SMILES string of the molecule is COC1=C(c2cnc(C)o2)CCC(N2CCN(C(=O)N3CCC4(CC3)OCc3cc(Cl)ccc34)CC2)=C1. The van der Waals surface area contributed by atoms with Gasteiger partial charge in [-0.1, -0.05) is 17.7 Å². The van der Waals surface area contributed by atoms with Crippen LogP contribution in [-0.4, -0.2) is 72.1 Å². The second-order valence-corrected chi connectivity index (χ2v) is 10.7. The number of carbonyl (C=O) groups is 1. The highest BCUT2D eigenvalue weighted by atomic mass is 35.5. The first-order chi connectivity index (χ1) is 18.0. The number of hydrogen-bond acceptors (Lipinski definition) is 6. The third kappa shape index (κ3) is 4.50. The number of fused-ring (bicyclic) bond motifs is 2. The number of rotatable bonds is 3. The van der Waals surface area contributed by atoms with Crippen LogP contribution in [0.4, 0.5) is 4.79 Å². The Bertz CT molecular complexity index is 1250. The Labute approximate surface area is 222 Å². The number of piperazine rings is 1. The molecule has 9 heteroatoms. The maximum absolute atomic E-state index is 13.3. The van der Waals surface area contributed by atoms with Crippen molar-refractivity contribution in [3.8, 4) is 0 Å². The summed E-state index contributed by atoms with van der Waals surface area (Å²) < 4.78 is 17.7. The number of likely N-dealkylation sites (tertiary alicyclic amines) is 1. The van der Waals surface area contributed by atoms with Gasteiger partial charge in [0.1, 0.15) is 5.76 Å². The molecular formula is C28H33ClN4O4. The number of hydrogen-bond donors (Lipinski definition) is 0. The molecule has 1 spiro atoms. The first kappa shape index (κ1) is 24.4. The van der Waals surface area contributed by atoms with Crippen molar-refractivity contribution in [3.63, 3.8) is 0 Å². The lowest BCUT2D eigenvalue weighted by Gasteiger charge is -2.43. The van der Waals surface area contributed by atoms with Crippen molar-refractivity contribution in [3.05, 3.63) is 69.7 Å². The molecule has 0 unspecified atom stereocenters. The van der Waals surface area contributed by atoms with Crippen molar-refractivity contribution in [2.45, 2.75) is 44.8 Å². The largest absolute Gasteiger partial charge is 0.496 e. The Morgan fingerprint density at radius 1 is 1.08 bits per heavy atom. The van der Waals surface area contributed by atoms with Crippen molar-refractivity contribution in [1.82, 2.24) is 19.7 Å². The van der Waals surface area contributed by atoms with Crippen molar-refractivity contribution in [2.75, 3.05) is 46.4 Å². The number of piperidine rings is 1. The van der Waals surface area contributed by atoms with Crippen molar-refractivity contribution in [2.24, 2.45) is 0 Å². The number of urea groups is 1. The van der Waals surface area contributed by atoms with E-state index in [1.807, 2.05) is 28.9 Å². The van der Waals surface area contributed by atoms with E-state index >= 15 is 0 Å². The molecule has 37 heavy (non-hydrogen) atoms. The molecule has 8 nitrogen and oxygen atoms in total. The van der Waals surface area contributed by atoms with E-state index in [1.54, 1.807) is 13.3 Å². The molecule has 1 aromatic heterocycles. The highest BCUT2D eigenvalue weighted by Crippen LogP contribution is 2.45. The van der Waals surface area contributed by atoms with E-state index in [0.29, 0.717) is 25.6 Å². The molecule has 2 fully saturated rings. The van der Waals surface area contributed by atoms with Crippen LogP contribution >= 0.6 is 11.6 Å². The van der Waals surface area contributed by atoms with E-state index in [2.05, 4.69) is 22.0 Å². The Balaban J connectivity index is 1.05. The van der Waals surface area contributed by atoms with E-state index in [1.165, 1.54) is 16.8 Å². The number of oxazole rings is 1. The first-order valence-electron chi connectivity index (χ1n) is 13.1. The fourth-order valence-electron chi connectivity index (χ4n) is 6.14. The first-order valence-corrected chi connectivity index (χ1v) is 13.5. The third-order valence-electron chi connectivity index (χ3n) is 8.23. The van der Waals surface area contributed by atoms with E-state index < -0.39 is 0 Å². The van der Waals surface area contributed by atoms with Gasteiger partial charge in [0.2, 0.25) is 0 Å². The van der Waals surface area contributed by atoms with Crippen LogP contribution in [0.15, 0.2) is 46.3 Å². The summed E-state index contributed by atoms with van der Waals surface area (Å²) in [4.78, 5) is 23.9. The molecule has 6 rings (SSSR count). The van der Waals surface area contributed by atoms with Gasteiger partial charge in [0, 0.05) is 62.5 Å². The lowest BCUT2D eigenvalue weighted by molar-refractivity contribution is -0.0745. The Kier molecular flexibility index (Phi) is 6.41. The molecule has 0 bridgehead atoms. The number of carbonyl (C=O) groups excluding carboxylic acids is 1.